The number of aromatic hydroxyl groups is 1. The topological polar surface area (TPSA) is 82.3 Å². The summed E-state index contributed by atoms with van der Waals surface area (Å²) in [6.45, 7) is 1.67. The second kappa shape index (κ2) is 6.44. The van der Waals surface area contributed by atoms with Crippen molar-refractivity contribution in [3.05, 3.63) is 53.6 Å². The van der Waals surface area contributed by atoms with Crippen molar-refractivity contribution in [2.45, 2.75) is 6.92 Å². The first-order valence-corrected chi connectivity index (χ1v) is 6.31. The van der Waals surface area contributed by atoms with Crippen LogP contribution in [-0.2, 0) is 4.79 Å². The third-order valence-electron chi connectivity index (χ3n) is 2.78. The van der Waals surface area contributed by atoms with Crippen molar-refractivity contribution >= 4 is 11.6 Å². The number of hydrogen-bond acceptors (Lipinski definition) is 4. The Balaban J connectivity index is 1.91. The van der Waals surface area contributed by atoms with Gasteiger partial charge in [-0.25, -0.2) is 0 Å². The molecule has 2 N–H and O–H groups in total. The molecule has 2 aromatic rings. The maximum Gasteiger partial charge on any atom is 0.262 e. The standard InChI is InChI=1S/C16H14N2O3/c1-11-2-7-14(15(19)8-11)18-16(20)10-21-13-5-3-12(9-17)4-6-13/h2-8,19H,10H2,1H3,(H,18,20). The van der Waals surface area contributed by atoms with E-state index in [-0.39, 0.29) is 18.3 Å². The van der Waals surface area contributed by atoms with Crippen molar-refractivity contribution in [3.8, 4) is 17.6 Å². The average Bonchev–Trinajstić information content (AvgIpc) is 2.48. The quantitative estimate of drug-likeness (QED) is 0.844. The van der Waals surface area contributed by atoms with Gasteiger partial charge < -0.3 is 15.2 Å². The molecule has 0 aromatic heterocycles. The van der Waals surface area contributed by atoms with Crippen LogP contribution in [0.2, 0.25) is 0 Å². The van der Waals surface area contributed by atoms with Gasteiger partial charge in [0.2, 0.25) is 0 Å². The summed E-state index contributed by atoms with van der Waals surface area (Å²) >= 11 is 0. The minimum Gasteiger partial charge on any atom is -0.506 e. The lowest BCUT2D eigenvalue weighted by Crippen LogP contribution is -2.20. The number of anilines is 1. The zero-order valence-electron chi connectivity index (χ0n) is 11.5. The maximum atomic E-state index is 11.7. The number of phenols is 1. The van der Waals surface area contributed by atoms with Crippen LogP contribution >= 0.6 is 0 Å². The molecule has 5 heteroatoms. The van der Waals surface area contributed by atoms with Crippen molar-refractivity contribution < 1.29 is 14.6 Å². The predicted molar refractivity (Wildman–Crippen MR) is 78.1 cm³/mol. The highest BCUT2D eigenvalue weighted by atomic mass is 16.5. The summed E-state index contributed by atoms with van der Waals surface area (Å²) in [7, 11) is 0. The molecule has 0 atom stereocenters. The Morgan fingerprint density at radius 3 is 2.62 bits per heavy atom. The predicted octanol–water partition coefficient (Wildman–Crippen LogP) is 2.59. The number of phenolic OH excluding ortho intramolecular Hbond substituents is 1. The number of nitrogens with zero attached hydrogens (tertiary/aromatic N) is 1. The van der Waals surface area contributed by atoms with E-state index < -0.39 is 0 Å². The lowest BCUT2D eigenvalue weighted by molar-refractivity contribution is -0.118. The third-order valence-corrected chi connectivity index (χ3v) is 2.78. The fourth-order valence-electron chi connectivity index (χ4n) is 1.71. The van der Waals surface area contributed by atoms with Crippen LogP contribution in [0, 0.1) is 18.3 Å². The summed E-state index contributed by atoms with van der Waals surface area (Å²) in [5.74, 6) is 0.137. The molecular weight excluding hydrogens is 268 g/mol. The highest BCUT2D eigenvalue weighted by Crippen LogP contribution is 2.23. The van der Waals surface area contributed by atoms with Gasteiger partial charge in [0.25, 0.3) is 5.91 Å². The Labute approximate surface area is 122 Å². The zero-order valence-corrected chi connectivity index (χ0v) is 11.5. The average molecular weight is 282 g/mol. The molecule has 5 nitrogen and oxygen atoms in total. The van der Waals surface area contributed by atoms with E-state index in [1.165, 1.54) is 0 Å². The van der Waals surface area contributed by atoms with Crippen LogP contribution in [0.3, 0.4) is 0 Å². The summed E-state index contributed by atoms with van der Waals surface area (Å²) in [6.07, 6.45) is 0. The van der Waals surface area contributed by atoms with Crippen LogP contribution in [0.25, 0.3) is 0 Å². The molecule has 2 aromatic carbocycles. The highest BCUT2D eigenvalue weighted by molar-refractivity contribution is 5.93. The van der Waals surface area contributed by atoms with Crippen molar-refractivity contribution in [3.63, 3.8) is 0 Å². The van der Waals surface area contributed by atoms with Gasteiger partial charge in [-0.15, -0.1) is 0 Å². The molecule has 106 valence electrons. The Bertz CT molecular complexity index is 688. The summed E-state index contributed by atoms with van der Waals surface area (Å²) in [6, 6.07) is 13.4. The number of carbonyl (C=O) groups excluding carboxylic acids is 1. The molecule has 21 heavy (non-hydrogen) atoms. The third kappa shape index (κ3) is 3.98. The molecule has 2 rings (SSSR count). The maximum absolute atomic E-state index is 11.7. The van der Waals surface area contributed by atoms with Gasteiger partial charge >= 0.3 is 0 Å². The summed E-state index contributed by atoms with van der Waals surface area (Å²) in [5.41, 5.74) is 1.77. The van der Waals surface area contributed by atoms with E-state index in [1.807, 2.05) is 13.0 Å². The number of rotatable bonds is 4. The fraction of sp³-hybridized carbons (Fsp3) is 0.125. The Kier molecular flexibility index (Phi) is 4.42. The van der Waals surface area contributed by atoms with Gasteiger partial charge in [-0.3, -0.25) is 4.79 Å². The molecule has 0 heterocycles. The Hall–Kier alpha value is -3.00. The van der Waals surface area contributed by atoms with Gasteiger partial charge in [0.1, 0.15) is 11.5 Å². The largest absolute Gasteiger partial charge is 0.506 e. The van der Waals surface area contributed by atoms with Crippen LogP contribution in [0.4, 0.5) is 5.69 Å². The van der Waals surface area contributed by atoms with Gasteiger partial charge in [0.15, 0.2) is 6.61 Å². The van der Waals surface area contributed by atoms with E-state index in [9.17, 15) is 9.90 Å². The second-order valence-electron chi connectivity index (χ2n) is 4.49. The lowest BCUT2D eigenvalue weighted by atomic mass is 10.2. The molecule has 1 amide bonds. The van der Waals surface area contributed by atoms with Gasteiger partial charge in [0.05, 0.1) is 17.3 Å². The molecule has 0 aliphatic carbocycles. The molecule has 0 spiro atoms. The van der Waals surface area contributed by atoms with Crippen molar-refractivity contribution in [1.82, 2.24) is 0 Å². The van der Waals surface area contributed by atoms with Crippen LogP contribution in [-0.4, -0.2) is 17.6 Å². The molecular formula is C16H14N2O3. The summed E-state index contributed by atoms with van der Waals surface area (Å²) in [5, 5.41) is 20.9. The zero-order chi connectivity index (χ0) is 15.2. The minimum absolute atomic E-state index is 0.0155. The SMILES string of the molecule is Cc1ccc(NC(=O)COc2ccc(C#N)cc2)c(O)c1. The number of ether oxygens (including phenoxy) is 1. The number of carbonyl (C=O) groups is 1. The van der Waals surface area contributed by atoms with E-state index in [0.717, 1.165) is 5.56 Å². The normalized spacial score (nSPS) is 9.71. The number of nitrogens with one attached hydrogen (secondary N) is 1. The fourth-order valence-corrected chi connectivity index (χ4v) is 1.71. The first-order chi connectivity index (χ1) is 10.1. The molecule has 0 aliphatic heterocycles. The van der Waals surface area contributed by atoms with Crippen LogP contribution in [0.1, 0.15) is 11.1 Å². The van der Waals surface area contributed by atoms with E-state index in [2.05, 4.69) is 5.32 Å². The van der Waals surface area contributed by atoms with Crippen molar-refractivity contribution in [2.75, 3.05) is 11.9 Å². The first kappa shape index (κ1) is 14.4. The van der Waals surface area contributed by atoms with Crippen LogP contribution in [0.15, 0.2) is 42.5 Å². The Morgan fingerprint density at radius 2 is 2.00 bits per heavy atom. The number of amides is 1. The van der Waals surface area contributed by atoms with E-state index in [0.29, 0.717) is 17.0 Å². The van der Waals surface area contributed by atoms with Crippen molar-refractivity contribution in [1.29, 1.82) is 5.26 Å². The van der Waals surface area contributed by atoms with E-state index in [4.69, 9.17) is 10.00 Å². The van der Waals surface area contributed by atoms with Crippen LogP contribution in [0.5, 0.6) is 11.5 Å². The molecule has 0 radical (unpaired) electrons. The second-order valence-corrected chi connectivity index (χ2v) is 4.49. The lowest BCUT2D eigenvalue weighted by Gasteiger charge is -2.09. The van der Waals surface area contributed by atoms with Gasteiger partial charge in [-0.05, 0) is 48.9 Å². The minimum atomic E-state index is -0.376. The number of hydrogen-bond donors (Lipinski definition) is 2. The van der Waals surface area contributed by atoms with Gasteiger partial charge in [0, 0.05) is 0 Å². The number of nitriles is 1. The highest BCUT2D eigenvalue weighted by Gasteiger charge is 2.07. The van der Waals surface area contributed by atoms with E-state index >= 15 is 0 Å². The summed E-state index contributed by atoms with van der Waals surface area (Å²) in [4.78, 5) is 11.7. The van der Waals surface area contributed by atoms with Crippen molar-refractivity contribution in [2.24, 2.45) is 0 Å². The monoisotopic (exact) mass is 282 g/mol. The first-order valence-electron chi connectivity index (χ1n) is 6.31. The number of benzene rings is 2. The molecule has 0 saturated carbocycles. The van der Waals surface area contributed by atoms with E-state index in [1.54, 1.807) is 42.5 Å². The van der Waals surface area contributed by atoms with Gasteiger partial charge in [-0.1, -0.05) is 6.07 Å². The molecule has 0 fully saturated rings. The van der Waals surface area contributed by atoms with Gasteiger partial charge in [-0.2, -0.15) is 5.26 Å². The smallest absolute Gasteiger partial charge is 0.262 e. The Morgan fingerprint density at radius 1 is 1.29 bits per heavy atom. The molecule has 0 unspecified atom stereocenters. The van der Waals surface area contributed by atoms with Crippen LogP contribution < -0.4 is 10.1 Å². The number of aryl methyl sites for hydroxylation is 1. The molecule has 0 bridgehead atoms. The molecule has 0 aliphatic rings. The summed E-state index contributed by atoms with van der Waals surface area (Å²) < 4.78 is 5.30. The molecule has 0 saturated heterocycles.